The SMILES string of the molecule is Cc1ccc(-c2csc(=Nc3ccc(F)cc3F)n2CC2CCCO2)cc1C. The molecule has 28 heavy (non-hydrogen) atoms. The van der Waals surface area contributed by atoms with Crippen LogP contribution in [0.3, 0.4) is 0 Å². The number of hydrogen-bond donors (Lipinski definition) is 0. The van der Waals surface area contributed by atoms with Gasteiger partial charge in [-0.2, -0.15) is 0 Å². The Hall–Kier alpha value is -2.31. The van der Waals surface area contributed by atoms with Crippen LogP contribution in [-0.4, -0.2) is 17.3 Å². The number of halogens is 2. The minimum absolute atomic E-state index is 0.122. The number of hydrogen-bond acceptors (Lipinski definition) is 3. The number of nitrogens with zero attached hydrogens (tertiary/aromatic N) is 2. The number of aryl methyl sites for hydroxylation is 2. The Bertz CT molecular complexity index is 1060. The van der Waals surface area contributed by atoms with Gasteiger partial charge in [0.25, 0.3) is 0 Å². The fourth-order valence-corrected chi connectivity index (χ4v) is 4.33. The number of thiazole rings is 1. The molecule has 146 valence electrons. The monoisotopic (exact) mass is 400 g/mol. The van der Waals surface area contributed by atoms with Gasteiger partial charge in [-0.1, -0.05) is 12.1 Å². The summed E-state index contributed by atoms with van der Waals surface area (Å²) in [4.78, 5) is 5.17. The first kappa shape index (κ1) is 19.0. The van der Waals surface area contributed by atoms with Gasteiger partial charge >= 0.3 is 0 Å². The maximum absolute atomic E-state index is 14.1. The third-order valence-corrected chi connectivity index (χ3v) is 6.00. The van der Waals surface area contributed by atoms with Crippen molar-refractivity contribution in [1.82, 2.24) is 4.57 Å². The molecule has 1 fully saturated rings. The molecule has 0 aliphatic carbocycles. The number of rotatable bonds is 4. The second-order valence-electron chi connectivity index (χ2n) is 7.16. The molecule has 0 bridgehead atoms. The van der Waals surface area contributed by atoms with Crippen LogP contribution in [0.2, 0.25) is 0 Å². The third kappa shape index (κ3) is 3.93. The van der Waals surface area contributed by atoms with E-state index in [2.05, 4.69) is 41.6 Å². The maximum atomic E-state index is 14.1. The van der Waals surface area contributed by atoms with Crippen LogP contribution in [0, 0.1) is 25.5 Å². The van der Waals surface area contributed by atoms with Gasteiger partial charge in [-0.3, -0.25) is 0 Å². The van der Waals surface area contributed by atoms with Gasteiger partial charge in [0.05, 0.1) is 18.3 Å². The van der Waals surface area contributed by atoms with Gasteiger partial charge in [-0.15, -0.1) is 11.3 Å². The number of ether oxygens (including phenoxy) is 1. The summed E-state index contributed by atoms with van der Waals surface area (Å²) in [6, 6.07) is 9.82. The van der Waals surface area contributed by atoms with Crippen LogP contribution in [0.4, 0.5) is 14.5 Å². The molecule has 2 aromatic carbocycles. The fraction of sp³-hybridized carbons (Fsp3) is 0.318. The Kier molecular flexibility index (Phi) is 5.42. The lowest BCUT2D eigenvalue weighted by atomic mass is 10.0. The van der Waals surface area contributed by atoms with Crippen LogP contribution in [-0.2, 0) is 11.3 Å². The van der Waals surface area contributed by atoms with Gasteiger partial charge in [0.1, 0.15) is 11.5 Å². The van der Waals surface area contributed by atoms with Crippen molar-refractivity contribution >= 4 is 17.0 Å². The Morgan fingerprint density at radius 2 is 2.00 bits per heavy atom. The molecule has 1 unspecified atom stereocenters. The summed E-state index contributed by atoms with van der Waals surface area (Å²) in [5, 5.41) is 2.04. The van der Waals surface area contributed by atoms with Crippen molar-refractivity contribution in [2.24, 2.45) is 4.99 Å². The smallest absolute Gasteiger partial charge is 0.190 e. The largest absolute Gasteiger partial charge is 0.376 e. The molecule has 6 heteroatoms. The molecule has 0 amide bonds. The molecule has 3 aromatic rings. The standard InChI is InChI=1S/C22H22F2N2OS/c1-14-5-6-16(10-15(14)2)21-13-28-22(26(21)12-18-4-3-9-27-18)25-20-8-7-17(23)11-19(20)24/h5-8,10-11,13,18H,3-4,9,12H2,1-2H3. The van der Waals surface area contributed by atoms with Gasteiger partial charge in [-0.25, -0.2) is 13.8 Å². The van der Waals surface area contributed by atoms with Crippen molar-refractivity contribution in [3.8, 4) is 11.3 Å². The topological polar surface area (TPSA) is 26.5 Å². The van der Waals surface area contributed by atoms with E-state index in [1.807, 2.05) is 5.38 Å². The van der Waals surface area contributed by atoms with E-state index in [-0.39, 0.29) is 11.8 Å². The van der Waals surface area contributed by atoms with E-state index in [1.165, 1.54) is 34.6 Å². The highest BCUT2D eigenvalue weighted by Gasteiger charge is 2.19. The zero-order valence-electron chi connectivity index (χ0n) is 15.9. The highest BCUT2D eigenvalue weighted by Crippen LogP contribution is 2.26. The Balaban J connectivity index is 1.82. The van der Waals surface area contributed by atoms with Gasteiger partial charge in [0.15, 0.2) is 10.6 Å². The molecule has 0 N–H and O–H groups in total. The van der Waals surface area contributed by atoms with E-state index in [4.69, 9.17) is 4.74 Å². The van der Waals surface area contributed by atoms with E-state index in [0.29, 0.717) is 11.3 Å². The zero-order valence-corrected chi connectivity index (χ0v) is 16.7. The van der Waals surface area contributed by atoms with Gasteiger partial charge in [0, 0.05) is 18.1 Å². The molecular formula is C22H22F2N2OS. The van der Waals surface area contributed by atoms with E-state index < -0.39 is 11.6 Å². The first-order valence-electron chi connectivity index (χ1n) is 9.38. The Morgan fingerprint density at radius 3 is 2.71 bits per heavy atom. The predicted octanol–water partition coefficient (Wildman–Crippen LogP) is 5.52. The molecule has 2 heterocycles. The summed E-state index contributed by atoms with van der Waals surface area (Å²) < 4.78 is 35.3. The quantitative estimate of drug-likeness (QED) is 0.566. The molecule has 1 aliphatic heterocycles. The highest BCUT2D eigenvalue weighted by atomic mass is 32.1. The molecule has 1 saturated heterocycles. The second-order valence-corrected chi connectivity index (χ2v) is 7.99. The van der Waals surface area contributed by atoms with Crippen LogP contribution >= 0.6 is 11.3 Å². The molecule has 0 saturated carbocycles. The fourth-order valence-electron chi connectivity index (χ4n) is 3.39. The normalized spacial score (nSPS) is 17.4. The van der Waals surface area contributed by atoms with Gasteiger partial charge in [-0.05, 0) is 61.6 Å². The molecule has 4 rings (SSSR count). The van der Waals surface area contributed by atoms with Crippen molar-refractivity contribution in [2.45, 2.75) is 39.3 Å². The molecule has 0 radical (unpaired) electrons. The van der Waals surface area contributed by atoms with Crippen molar-refractivity contribution < 1.29 is 13.5 Å². The van der Waals surface area contributed by atoms with Crippen LogP contribution in [0.1, 0.15) is 24.0 Å². The average Bonchev–Trinajstić information content (AvgIpc) is 3.31. The Morgan fingerprint density at radius 1 is 1.14 bits per heavy atom. The highest BCUT2D eigenvalue weighted by molar-refractivity contribution is 7.07. The summed E-state index contributed by atoms with van der Waals surface area (Å²) in [5.41, 5.74) is 4.72. The molecular weight excluding hydrogens is 378 g/mol. The minimum atomic E-state index is -0.662. The van der Waals surface area contributed by atoms with Gasteiger partial charge < -0.3 is 9.30 Å². The van der Waals surface area contributed by atoms with Crippen molar-refractivity contribution in [3.63, 3.8) is 0 Å². The first-order chi connectivity index (χ1) is 13.5. The maximum Gasteiger partial charge on any atom is 0.190 e. The van der Waals surface area contributed by atoms with E-state index in [1.54, 1.807) is 0 Å². The number of aromatic nitrogens is 1. The van der Waals surface area contributed by atoms with Crippen molar-refractivity contribution in [1.29, 1.82) is 0 Å². The van der Waals surface area contributed by atoms with Crippen LogP contribution in [0.15, 0.2) is 46.8 Å². The molecule has 0 spiro atoms. The summed E-state index contributed by atoms with van der Waals surface area (Å²) >= 11 is 1.45. The van der Waals surface area contributed by atoms with Crippen LogP contribution < -0.4 is 4.80 Å². The lowest BCUT2D eigenvalue weighted by molar-refractivity contribution is 0.0968. The molecule has 3 nitrogen and oxygen atoms in total. The lowest BCUT2D eigenvalue weighted by Crippen LogP contribution is -2.24. The average molecular weight is 400 g/mol. The van der Waals surface area contributed by atoms with Crippen LogP contribution in [0.5, 0.6) is 0 Å². The summed E-state index contributed by atoms with van der Waals surface area (Å²) in [6.07, 6.45) is 2.17. The van der Waals surface area contributed by atoms with E-state index in [0.717, 1.165) is 36.8 Å². The predicted molar refractivity (Wildman–Crippen MR) is 108 cm³/mol. The van der Waals surface area contributed by atoms with Crippen LogP contribution in [0.25, 0.3) is 11.3 Å². The summed E-state index contributed by atoms with van der Waals surface area (Å²) in [7, 11) is 0. The number of benzene rings is 2. The van der Waals surface area contributed by atoms with E-state index in [9.17, 15) is 8.78 Å². The Labute approximate surface area is 167 Å². The summed E-state index contributed by atoms with van der Waals surface area (Å²) in [6.45, 7) is 5.61. The minimum Gasteiger partial charge on any atom is -0.376 e. The van der Waals surface area contributed by atoms with Crippen molar-refractivity contribution in [2.75, 3.05) is 6.61 Å². The third-order valence-electron chi connectivity index (χ3n) is 5.14. The first-order valence-corrected chi connectivity index (χ1v) is 10.3. The molecule has 1 aromatic heterocycles. The lowest BCUT2D eigenvalue weighted by Gasteiger charge is -2.15. The second kappa shape index (κ2) is 7.97. The molecule has 1 atom stereocenters. The zero-order chi connectivity index (χ0) is 19.7. The van der Waals surface area contributed by atoms with Gasteiger partial charge in [0.2, 0.25) is 0 Å². The molecule has 1 aliphatic rings. The van der Waals surface area contributed by atoms with E-state index >= 15 is 0 Å². The van der Waals surface area contributed by atoms with Crippen molar-refractivity contribution in [3.05, 3.63) is 69.3 Å². The summed E-state index contributed by atoms with van der Waals surface area (Å²) in [5.74, 6) is -1.27.